The molecule has 0 aliphatic heterocycles. The monoisotopic (exact) mass is 296 g/mol. The van der Waals surface area contributed by atoms with Gasteiger partial charge in [0.25, 0.3) is 0 Å². The fraction of sp³-hybridized carbons (Fsp3) is 0.250. The third kappa shape index (κ3) is 2.20. The van der Waals surface area contributed by atoms with E-state index < -0.39 is 0 Å². The lowest BCUT2D eigenvalue weighted by atomic mass is 10.3. The number of hydrogen-bond acceptors (Lipinski definition) is 1. The van der Waals surface area contributed by atoms with Crippen molar-refractivity contribution < 1.29 is 9.13 Å². The zero-order valence-corrected chi connectivity index (χ0v) is 9.58. The highest BCUT2D eigenvalue weighted by Gasteiger charge is 2.06. The van der Waals surface area contributed by atoms with Gasteiger partial charge in [-0.2, -0.15) is 0 Å². The fourth-order valence-corrected chi connectivity index (χ4v) is 1.88. The Labute approximate surface area is 87.2 Å². The highest BCUT2D eigenvalue weighted by atomic mass is 79.9. The van der Waals surface area contributed by atoms with Gasteiger partial charge in [0.05, 0.1) is 15.6 Å². The molecule has 4 heteroatoms. The van der Waals surface area contributed by atoms with Crippen molar-refractivity contribution in [1.82, 2.24) is 0 Å². The molecule has 0 fully saturated rings. The van der Waals surface area contributed by atoms with Crippen molar-refractivity contribution >= 4 is 31.9 Å². The zero-order chi connectivity index (χ0) is 9.14. The quantitative estimate of drug-likeness (QED) is 0.756. The minimum absolute atomic E-state index is 0.318. The van der Waals surface area contributed by atoms with Crippen molar-refractivity contribution in [3.05, 3.63) is 26.9 Å². The van der Waals surface area contributed by atoms with E-state index in [1.807, 2.05) is 6.92 Å². The lowest BCUT2D eigenvalue weighted by molar-refractivity contribution is 0.336. The van der Waals surface area contributed by atoms with E-state index in [2.05, 4.69) is 31.9 Å². The van der Waals surface area contributed by atoms with Gasteiger partial charge in [0.1, 0.15) is 11.6 Å². The molecule has 0 saturated heterocycles. The average Bonchev–Trinajstić information content (AvgIpc) is 2.01. The number of hydrogen-bond donors (Lipinski definition) is 0. The fourth-order valence-electron chi connectivity index (χ4n) is 0.770. The number of rotatable bonds is 2. The summed E-state index contributed by atoms with van der Waals surface area (Å²) in [5.74, 6) is 0.208. The van der Waals surface area contributed by atoms with Crippen LogP contribution in [0.15, 0.2) is 21.1 Å². The Hall–Kier alpha value is -0.0900. The molecule has 0 saturated carbocycles. The molecule has 12 heavy (non-hydrogen) atoms. The van der Waals surface area contributed by atoms with Crippen LogP contribution in [0.4, 0.5) is 4.39 Å². The largest absolute Gasteiger partial charge is 0.493 e. The molecular weight excluding hydrogens is 291 g/mol. The molecular formula is C8H7Br2FO. The Bertz CT molecular complexity index is 289. The zero-order valence-electron chi connectivity index (χ0n) is 6.40. The van der Waals surface area contributed by atoms with Crippen molar-refractivity contribution in [2.45, 2.75) is 6.92 Å². The van der Waals surface area contributed by atoms with Crippen LogP contribution < -0.4 is 4.74 Å². The van der Waals surface area contributed by atoms with E-state index in [1.54, 1.807) is 6.07 Å². The molecule has 1 aromatic rings. The van der Waals surface area contributed by atoms with E-state index in [9.17, 15) is 4.39 Å². The summed E-state index contributed by atoms with van der Waals surface area (Å²) in [5.41, 5.74) is 0. The second-order valence-electron chi connectivity index (χ2n) is 2.13. The topological polar surface area (TPSA) is 9.23 Å². The summed E-state index contributed by atoms with van der Waals surface area (Å²) < 4.78 is 19.3. The van der Waals surface area contributed by atoms with Gasteiger partial charge in [0, 0.05) is 6.07 Å². The van der Waals surface area contributed by atoms with Gasteiger partial charge in [-0.15, -0.1) is 0 Å². The maximum atomic E-state index is 12.9. The Balaban J connectivity index is 3.05. The molecule has 0 N–H and O–H groups in total. The van der Waals surface area contributed by atoms with Gasteiger partial charge in [-0.25, -0.2) is 4.39 Å². The number of benzene rings is 1. The predicted molar refractivity (Wildman–Crippen MR) is 53.0 cm³/mol. The molecule has 0 unspecified atom stereocenters. The number of ether oxygens (including phenoxy) is 1. The van der Waals surface area contributed by atoms with Crippen molar-refractivity contribution in [1.29, 1.82) is 0 Å². The van der Waals surface area contributed by atoms with Gasteiger partial charge in [0.2, 0.25) is 0 Å². The summed E-state index contributed by atoms with van der Waals surface area (Å²) in [5, 5.41) is 0. The smallest absolute Gasteiger partial charge is 0.141 e. The van der Waals surface area contributed by atoms with E-state index in [-0.39, 0.29) is 5.82 Å². The first-order valence-electron chi connectivity index (χ1n) is 3.42. The van der Waals surface area contributed by atoms with Crippen molar-refractivity contribution in [3.63, 3.8) is 0 Å². The van der Waals surface area contributed by atoms with Gasteiger partial charge < -0.3 is 4.74 Å². The molecule has 66 valence electrons. The van der Waals surface area contributed by atoms with Gasteiger partial charge in [-0.05, 0) is 44.8 Å². The second kappa shape index (κ2) is 4.23. The van der Waals surface area contributed by atoms with Crippen LogP contribution >= 0.6 is 31.9 Å². The Morgan fingerprint density at radius 3 is 2.58 bits per heavy atom. The average molecular weight is 298 g/mol. The summed E-state index contributed by atoms with van der Waals surface area (Å²) in [6, 6.07) is 2.97. The van der Waals surface area contributed by atoms with Crippen LogP contribution in [0.25, 0.3) is 0 Å². The first-order valence-corrected chi connectivity index (χ1v) is 5.01. The maximum Gasteiger partial charge on any atom is 0.141 e. The van der Waals surface area contributed by atoms with Crippen LogP contribution in [-0.2, 0) is 0 Å². The van der Waals surface area contributed by atoms with Crippen LogP contribution in [0.1, 0.15) is 6.92 Å². The SMILES string of the molecule is CCOc1cc(F)c(Br)cc1Br. The first-order chi connectivity index (χ1) is 5.65. The van der Waals surface area contributed by atoms with Gasteiger partial charge in [0.15, 0.2) is 0 Å². The Morgan fingerprint density at radius 2 is 2.00 bits per heavy atom. The molecule has 0 aromatic heterocycles. The van der Waals surface area contributed by atoms with Crippen LogP contribution in [0.5, 0.6) is 5.75 Å². The van der Waals surface area contributed by atoms with Crippen molar-refractivity contribution in [2.75, 3.05) is 6.61 Å². The summed E-state index contributed by atoms with van der Waals surface area (Å²) in [6.07, 6.45) is 0. The molecule has 0 amide bonds. The van der Waals surface area contributed by atoms with Crippen molar-refractivity contribution in [3.8, 4) is 5.75 Å². The van der Waals surface area contributed by atoms with E-state index in [0.717, 1.165) is 4.47 Å². The molecule has 0 bridgehead atoms. The summed E-state index contributed by atoms with van der Waals surface area (Å²) in [7, 11) is 0. The minimum Gasteiger partial charge on any atom is -0.493 e. The molecule has 1 nitrogen and oxygen atoms in total. The second-order valence-corrected chi connectivity index (χ2v) is 3.84. The number of halogens is 3. The van der Waals surface area contributed by atoms with E-state index in [1.165, 1.54) is 6.07 Å². The molecule has 0 atom stereocenters. The molecule has 0 aliphatic rings. The standard InChI is InChI=1S/C8H7Br2FO/c1-2-12-8-4-7(11)5(9)3-6(8)10/h3-4H,2H2,1H3. The van der Waals surface area contributed by atoms with Crippen molar-refractivity contribution in [2.24, 2.45) is 0 Å². The van der Waals surface area contributed by atoms with Gasteiger partial charge in [-0.1, -0.05) is 0 Å². The summed E-state index contributed by atoms with van der Waals surface area (Å²) in [6.45, 7) is 2.38. The minimum atomic E-state index is -0.318. The van der Waals surface area contributed by atoms with Crippen LogP contribution in [0, 0.1) is 5.82 Å². The van der Waals surface area contributed by atoms with E-state index in [4.69, 9.17) is 4.74 Å². The van der Waals surface area contributed by atoms with Gasteiger partial charge >= 0.3 is 0 Å². The van der Waals surface area contributed by atoms with E-state index >= 15 is 0 Å². The Kier molecular flexibility index (Phi) is 3.53. The lowest BCUT2D eigenvalue weighted by Crippen LogP contribution is -1.93. The molecule has 0 spiro atoms. The van der Waals surface area contributed by atoms with E-state index in [0.29, 0.717) is 16.8 Å². The maximum absolute atomic E-state index is 12.9. The molecule has 0 radical (unpaired) electrons. The third-order valence-corrected chi connectivity index (χ3v) is 2.50. The molecule has 0 aliphatic carbocycles. The summed E-state index contributed by atoms with van der Waals surface area (Å²) >= 11 is 6.33. The van der Waals surface area contributed by atoms with Crippen LogP contribution in [0.2, 0.25) is 0 Å². The molecule has 1 rings (SSSR count). The van der Waals surface area contributed by atoms with Crippen LogP contribution in [0.3, 0.4) is 0 Å². The van der Waals surface area contributed by atoms with Crippen LogP contribution in [-0.4, -0.2) is 6.61 Å². The molecule has 1 aromatic carbocycles. The first kappa shape index (κ1) is 9.99. The normalized spacial score (nSPS) is 10.0. The predicted octanol–water partition coefficient (Wildman–Crippen LogP) is 3.75. The highest BCUT2D eigenvalue weighted by Crippen LogP contribution is 2.30. The third-order valence-electron chi connectivity index (χ3n) is 1.27. The summed E-state index contributed by atoms with van der Waals surface area (Å²) in [4.78, 5) is 0. The highest BCUT2D eigenvalue weighted by molar-refractivity contribution is 9.11. The van der Waals surface area contributed by atoms with Gasteiger partial charge in [-0.3, -0.25) is 0 Å². The Morgan fingerprint density at radius 1 is 1.33 bits per heavy atom. The molecule has 0 heterocycles. The lowest BCUT2D eigenvalue weighted by Gasteiger charge is -2.06.